The number of ether oxygens (including phenoxy) is 1. The van der Waals surface area contributed by atoms with Crippen LogP contribution in [0.15, 0.2) is 23.4 Å². The molecule has 0 saturated heterocycles. The molecule has 0 aliphatic rings. The maximum atomic E-state index is 11.0. The molecular weight excluding hydrogens is 192 g/mol. The quantitative estimate of drug-likeness (QED) is 0.291. The molecule has 14 heavy (non-hydrogen) atoms. The SMILES string of the molecule is C=C(C)C(=O)OCCC[SiH2]C=C(C)C. The van der Waals surface area contributed by atoms with Crippen molar-refractivity contribution in [1.82, 2.24) is 0 Å². The van der Waals surface area contributed by atoms with E-state index in [1.807, 2.05) is 0 Å². The molecule has 80 valence electrons. The summed E-state index contributed by atoms with van der Waals surface area (Å²) >= 11 is 0. The number of hydrogen-bond donors (Lipinski definition) is 0. The van der Waals surface area contributed by atoms with Crippen LogP contribution in [0, 0.1) is 0 Å². The van der Waals surface area contributed by atoms with Gasteiger partial charge in [0.15, 0.2) is 0 Å². The lowest BCUT2D eigenvalue weighted by Gasteiger charge is -2.02. The molecule has 0 aromatic carbocycles. The molecule has 0 heterocycles. The van der Waals surface area contributed by atoms with E-state index in [9.17, 15) is 4.79 Å². The van der Waals surface area contributed by atoms with Crippen molar-refractivity contribution in [3.8, 4) is 0 Å². The zero-order chi connectivity index (χ0) is 11.0. The molecule has 2 nitrogen and oxygen atoms in total. The van der Waals surface area contributed by atoms with Crippen molar-refractivity contribution in [2.24, 2.45) is 0 Å². The van der Waals surface area contributed by atoms with Crippen LogP contribution in [0.25, 0.3) is 0 Å². The summed E-state index contributed by atoms with van der Waals surface area (Å²) in [6.45, 7) is 9.96. The number of carbonyl (C=O) groups excluding carboxylic acids is 1. The lowest BCUT2D eigenvalue weighted by molar-refractivity contribution is -0.138. The Labute approximate surface area is 88.9 Å². The second kappa shape index (κ2) is 7.56. The summed E-state index contributed by atoms with van der Waals surface area (Å²) in [6.07, 6.45) is 0.981. The zero-order valence-electron chi connectivity index (χ0n) is 9.43. The van der Waals surface area contributed by atoms with E-state index >= 15 is 0 Å². The first-order chi connectivity index (χ1) is 6.54. The molecule has 0 radical (unpaired) electrons. The summed E-state index contributed by atoms with van der Waals surface area (Å²) in [4.78, 5) is 11.0. The van der Waals surface area contributed by atoms with Crippen LogP contribution in [-0.4, -0.2) is 22.1 Å². The number of carbonyl (C=O) groups is 1. The first kappa shape index (κ1) is 13.2. The van der Waals surface area contributed by atoms with Gasteiger partial charge in [0.25, 0.3) is 0 Å². The van der Waals surface area contributed by atoms with E-state index in [1.54, 1.807) is 6.92 Å². The lowest BCUT2D eigenvalue weighted by Crippen LogP contribution is -2.06. The highest BCUT2D eigenvalue weighted by Crippen LogP contribution is 1.97. The monoisotopic (exact) mass is 212 g/mol. The van der Waals surface area contributed by atoms with Crippen molar-refractivity contribution >= 4 is 15.5 Å². The summed E-state index contributed by atoms with van der Waals surface area (Å²) in [5.74, 6) is -0.270. The Bertz CT molecular complexity index is 227. The molecule has 0 N–H and O–H groups in total. The second-order valence-electron chi connectivity index (χ2n) is 3.69. The Hall–Kier alpha value is -0.833. The fourth-order valence-electron chi connectivity index (χ4n) is 0.925. The Morgan fingerprint density at radius 1 is 1.43 bits per heavy atom. The highest BCUT2D eigenvalue weighted by atomic mass is 28.2. The Balaban J connectivity index is 3.35. The average Bonchev–Trinajstić information content (AvgIpc) is 2.09. The van der Waals surface area contributed by atoms with Gasteiger partial charge in [0.2, 0.25) is 0 Å². The Morgan fingerprint density at radius 3 is 2.57 bits per heavy atom. The molecule has 0 aliphatic heterocycles. The minimum absolute atomic E-state index is 0.0762. The van der Waals surface area contributed by atoms with Crippen molar-refractivity contribution in [3.63, 3.8) is 0 Å². The van der Waals surface area contributed by atoms with Gasteiger partial charge in [-0.2, -0.15) is 0 Å². The standard InChI is InChI=1S/C11H20O2Si/c1-9(2)8-14-7-5-6-13-11(12)10(3)4/h8H,3,5-7,14H2,1-2,4H3. The third-order valence-electron chi connectivity index (χ3n) is 1.73. The molecule has 0 unspecified atom stereocenters. The summed E-state index contributed by atoms with van der Waals surface area (Å²) in [7, 11) is -0.0762. The van der Waals surface area contributed by atoms with Crippen molar-refractivity contribution in [2.45, 2.75) is 33.2 Å². The van der Waals surface area contributed by atoms with E-state index in [4.69, 9.17) is 4.74 Å². The van der Waals surface area contributed by atoms with Gasteiger partial charge in [0.05, 0.1) is 6.61 Å². The van der Waals surface area contributed by atoms with Crippen LogP contribution in [0.4, 0.5) is 0 Å². The van der Waals surface area contributed by atoms with Gasteiger partial charge < -0.3 is 4.74 Å². The molecule has 0 fully saturated rings. The van der Waals surface area contributed by atoms with Crippen LogP contribution in [0.3, 0.4) is 0 Å². The van der Waals surface area contributed by atoms with Crippen LogP contribution in [0.1, 0.15) is 27.2 Å². The highest BCUT2D eigenvalue weighted by Gasteiger charge is 2.01. The van der Waals surface area contributed by atoms with Crippen molar-refractivity contribution in [3.05, 3.63) is 23.4 Å². The maximum Gasteiger partial charge on any atom is 0.333 e. The van der Waals surface area contributed by atoms with Gasteiger partial charge in [-0.3, -0.25) is 0 Å². The van der Waals surface area contributed by atoms with E-state index in [0.717, 1.165) is 6.42 Å². The minimum atomic E-state index is -0.270. The van der Waals surface area contributed by atoms with Gasteiger partial charge in [0.1, 0.15) is 0 Å². The fraction of sp³-hybridized carbons (Fsp3) is 0.545. The first-order valence-electron chi connectivity index (χ1n) is 5.00. The molecule has 0 aromatic heterocycles. The van der Waals surface area contributed by atoms with Crippen LogP contribution < -0.4 is 0 Å². The van der Waals surface area contributed by atoms with Crippen molar-refractivity contribution in [2.75, 3.05) is 6.61 Å². The smallest absolute Gasteiger partial charge is 0.333 e. The average molecular weight is 212 g/mol. The van der Waals surface area contributed by atoms with Crippen LogP contribution in [0.2, 0.25) is 6.04 Å². The number of esters is 1. The van der Waals surface area contributed by atoms with Gasteiger partial charge in [-0.25, -0.2) is 4.79 Å². The van der Waals surface area contributed by atoms with E-state index in [2.05, 4.69) is 26.1 Å². The summed E-state index contributed by atoms with van der Waals surface area (Å²) in [5, 5.41) is 0. The third-order valence-corrected chi connectivity index (χ3v) is 3.75. The normalized spacial score (nSPS) is 10.2. The number of allylic oxidation sites excluding steroid dienone is 1. The lowest BCUT2D eigenvalue weighted by atomic mass is 10.4. The van der Waals surface area contributed by atoms with E-state index in [1.165, 1.54) is 11.6 Å². The molecule has 0 bridgehead atoms. The van der Waals surface area contributed by atoms with Gasteiger partial charge in [0, 0.05) is 15.1 Å². The van der Waals surface area contributed by atoms with E-state index < -0.39 is 0 Å². The van der Waals surface area contributed by atoms with E-state index in [-0.39, 0.29) is 15.5 Å². The van der Waals surface area contributed by atoms with Crippen LogP contribution in [0.5, 0.6) is 0 Å². The summed E-state index contributed by atoms with van der Waals surface area (Å²) in [5.41, 5.74) is 4.21. The Morgan fingerprint density at radius 2 is 2.07 bits per heavy atom. The topological polar surface area (TPSA) is 26.3 Å². The van der Waals surface area contributed by atoms with Crippen molar-refractivity contribution < 1.29 is 9.53 Å². The molecule has 0 aliphatic carbocycles. The molecule has 0 atom stereocenters. The molecule has 0 saturated carbocycles. The van der Waals surface area contributed by atoms with Crippen molar-refractivity contribution in [1.29, 1.82) is 0 Å². The zero-order valence-corrected chi connectivity index (χ0v) is 10.8. The highest BCUT2D eigenvalue weighted by molar-refractivity contribution is 6.42. The van der Waals surface area contributed by atoms with Crippen LogP contribution >= 0.6 is 0 Å². The van der Waals surface area contributed by atoms with E-state index in [0.29, 0.717) is 12.2 Å². The molecule has 0 amide bonds. The second-order valence-corrected chi connectivity index (χ2v) is 5.39. The molecule has 0 aromatic rings. The Kier molecular flexibility index (Phi) is 7.11. The largest absolute Gasteiger partial charge is 0.462 e. The molecule has 3 heteroatoms. The van der Waals surface area contributed by atoms with Gasteiger partial charge in [-0.15, -0.1) is 5.70 Å². The minimum Gasteiger partial charge on any atom is -0.462 e. The number of rotatable bonds is 6. The predicted octanol–water partition coefficient (Wildman–Crippen LogP) is 2.01. The third kappa shape index (κ3) is 7.80. The van der Waals surface area contributed by atoms with Gasteiger partial charge in [-0.1, -0.05) is 18.2 Å². The summed E-state index contributed by atoms with van der Waals surface area (Å²) < 4.78 is 4.97. The maximum absolute atomic E-state index is 11.0. The molecule has 0 rings (SSSR count). The molecule has 0 spiro atoms. The first-order valence-corrected chi connectivity index (χ1v) is 6.81. The van der Waals surface area contributed by atoms with Gasteiger partial charge in [-0.05, 0) is 27.2 Å². The van der Waals surface area contributed by atoms with Gasteiger partial charge >= 0.3 is 5.97 Å². The van der Waals surface area contributed by atoms with Crippen LogP contribution in [-0.2, 0) is 9.53 Å². The predicted molar refractivity (Wildman–Crippen MR) is 63.2 cm³/mol. The fourth-order valence-corrected chi connectivity index (χ4v) is 2.20. The molecular formula is C11H20O2Si. The summed E-state index contributed by atoms with van der Waals surface area (Å²) in [6, 6.07) is 1.20. The number of hydrogen-bond acceptors (Lipinski definition) is 2.